The Morgan fingerprint density at radius 1 is 1.04 bits per heavy atom. The predicted octanol–water partition coefficient (Wildman–Crippen LogP) is 3.04. The third-order valence-electron chi connectivity index (χ3n) is 4.51. The molecule has 0 saturated carbocycles. The van der Waals surface area contributed by atoms with Gasteiger partial charge in [-0.3, -0.25) is 9.48 Å². The number of aromatic nitrogens is 6. The molecule has 0 spiro atoms. The normalized spacial score (nSPS) is 11.2. The highest BCUT2D eigenvalue weighted by Gasteiger charge is 2.16. The fourth-order valence-corrected chi connectivity index (χ4v) is 3.04. The first kappa shape index (κ1) is 16.1. The van der Waals surface area contributed by atoms with Gasteiger partial charge in [0.1, 0.15) is 11.4 Å². The van der Waals surface area contributed by atoms with Gasteiger partial charge in [-0.15, -0.1) is 0 Å². The third-order valence-corrected chi connectivity index (χ3v) is 4.51. The molecule has 0 aliphatic carbocycles. The largest absolute Gasteiger partial charge is 0.333 e. The number of rotatable bonds is 3. The molecule has 0 fully saturated rings. The quantitative estimate of drug-likeness (QED) is 0.524. The summed E-state index contributed by atoms with van der Waals surface area (Å²) < 4.78 is 7.10. The van der Waals surface area contributed by atoms with Crippen molar-refractivity contribution in [3.05, 3.63) is 71.3 Å². The van der Waals surface area contributed by atoms with Crippen LogP contribution >= 0.6 is 0 Å². The van der Waals surface area contributed by atoms with Crippen molar-refractivity contribution in [3.63, 3.8) is 0 Å². The summed E-state index contributed by atoms with van der Waals surface area (Å²) in [6.07, 6.45) is 3.22. The van der Waals surface area contributed by atoms with Crippen molar-refractivity contribution in [3.8, 4) is 34.2 Å². The summed E-state index contributed by atoms with van der Waals surface area (Å²) in [5.74, 6) is 0.998. The minimum absolute atomic E-state index is 0.120. The minimum atomic E-state index is -0.341. The van der Waals surface area contributed by atoms with E-state index in [0.717, 1.165) is 22.0 Å². The molecule has 0 aliphatic heterocycles. The second kappa shape index (κ2) is 6.27. The number of aromatic amines is 1. The maximum atomic E-state index is 12.5. The van der Waals surface area contributed by atoms with Gasteiger partial charge in [-0.1, -0.05) is 35.5 Å². The van der Waals surface area contributed by atoms with Crippen LogP contribution in [-0.2, 0) is 7.05 Å². The Morgan fingerprint density at radius 2 is 1.89 bits per heavy atom. The first-order valence-electron chi connectivity index (χ1n) is 8.60. The molecule has 136 valence electrons. The lowest BCUT2D eigenvalue weighted by Gasteiger charge is -2.00. The van der Waals surface area contributed by atoms with Crippen LogP contribution in [0.15, 0.2) is 70.2 Å². The van der Waals surface area contributed by atoms with E-state index < -0.39 is 0 Å². The van der Waals surface area contributed by atoms with E-state index in [0.29, 0.717) is 11.6 Å². The zero-order valence-corrected chi connectivity index (χ0v) is 14.8. The van der Waals surface area contributed by atoms with Crippen LogP contribution in [0.5, 0.6) is 0 Å². The number of benzene rings is 2. The van der Waals surface area contributed by atoms with Gasteiger partial charge in [0.05, 0.1) is 11.7 Å². The first-order valence-corrected chi connectivity index (χ1v) is 8.60. The van der Waals surface area contributed by atoms with Crippen LogP contribution in [0.25, 0.3) is 45.1 Å². The van der Waals surface area contributed by atoms with Crippen molar-refractivity contribution < 1.29 is 4.52 Å². The fourth-order valence-electron chi connectivity index (χ4n) is 3.04. The number of nitrogens with zero attached hydrogens (tertiary/aromatic N) is 5. The molecule has 0 amide bonds. The van der Waals surface area contributed by atoms with E-state index in [-0.39, 0.29) is 17.0 Å². The number of hydrogen-bond donors (Lipinski definition) is 1. The molecule has 8 heteroatoms. The van der Waals surface area contributed by atoms with E-state index >= 15 is 0 Å². The summed E-state index contributed by atoms with van der Waals surface area (Å²) in [7, 11) is 1.88. The Balaban J connectivity index is 1.51. The van der Waals surface area contributed by atoms with Crippen molar-refractivity contribution in [2.24, 2.45) is 7.05 Å². The van der Waals surface area contributed by atoms with Gasteiger partial charge in [-0.05, 0) is 18.2 Å². The monoisotopic (exact) mass is 370 g/mol. The van der Waals surface area contributed by atoms with Gasteiger partial charge in [0.25, 0.3) is 11.4 Å². The molecular weight excluding hydrogens is 356 g/mol. The Hall–Kier alpha value is -4.07. The Labute approximate surface area is 158 Å². The maximum absolute atomic E-state index is 12.5. The molecule has 3 aromatic heterocycles. The van der Waals surface area contributed by atoms with E-state index in [9.17, 15) is 4.79 Å². The standard InChI is InChI=1S/C20H14N6O2/c1-26-16-8-7-13(9-14(16)10-22-26)18-24-20(28-25-18)15-11-21-17(23-19(15)27)12-5-3-2-4-6-12/h2-11H,1H3,(H,21,23,27). The van der Waals surface area contributed by atoms with E-state index in [2.05, 4.69) is 25.2 Å². The molecule has 5 rings (SSSR count). The molecule has 5 aromatic rings. The SMILES string of the molecule is Cn1ncc2cc(-c3noc(-c4cnc(-c5ccccc5)[nH]c4=O)n3)ccc21. The minimum Gasteiger partial charge on any atom is -0.333 e. The molecule has 0 atom stereocenters. The van der Waals surface area contributed by atoms with Crippen LogP contribution < -0.4 is 5.56 Å². The van der Waals surface area contributed by atoms with Crippen LogP contribution in [0, 0.1) is 0 Å². The van der Waals surface area contributed by atoms with Crippen LogP contribution in [0.3, 0.4) is 0 Å². The highest BCUT2D eigenvalue weighted by Crippen LogP contribution is 2.24. The molecule has 0 saturated heterocycles. The predicted molar refractivity (Wildman–Crippen MR) is 103 cm³/mol. The third kappa shape index (κ3) is 2.67. The van der Waals surface area contributed by atoms with Crippen LogP contribution in [0.1, 0.15) is 0 Å². The lowest BCUT2D eigenvalue weighted by molar-refractivity contribution is 0.431. The number of hydrogen-bond acceptors (Lipinski definition) is 6. The number of H-pyrrole nitrogens is 1. The molecule has 1 N–H and O–H groups in total. The average molecular weight is 370 g/mol. The first-order chi connectivity index (χ1) is 13.7. The van der Waals surface area contributed by atoms with Crippen LogP contribution in [0.2, 0.25) is 0 Å². The Bertz CT molecular complexity index is 1350. The lowest BCUT2D eigenvalue weighted by Crippen LogP contribution is -2.11. The molecule has 0 bridgehead atoms. The highest BCUT2D eigenvalue weighted by molar-refractivity contribution is 5.83. The van der Waals surface area contributed by atoms with E-state index in [1.54, 1.807) is 10.9 Å². The van der Waals surface area contributed by atoms with Crippen LogP contribution in [0.4, 0.5) is 0 Å². The molecule has 0 unspecified atom stereocenters. The summed E-state index contributed by atoms with van der Waals surface area (Å²) >= 11 is 0. The van der Waals surface area contributed by atoms with Crippen molar-refractivity contribution >= 4 is 10.9 Å². The second-order valence-electron chi connectivity index (χ2n) is 6.31. The number of aryl methyl sites for hydroxylation is 1. The zero-order valence-electron chi connectivity index (χ0n) is 14.8. The zero-order chi connectivity index (χ0) is 19.1. The Morgan fingerprint density at radius 3 is 2.71 bits per heavy atom. The average Bonchev–Trinajstić information content (AvgIpc) is 3.36. The van der Waals surface area contributed by atoms with E-state index in [1.807, 2.05) is 55.6 Å². The van der Waals surface area contributed by atoms with E-state index in [1.165, 1.54) is 6.20 Å². The maximum Gasteiger partial charge on any atom is 0.265 e. The van der Waals surface area contributed by atoms with Crippen molar-refractivity contribution in [2.75, 3.05) is 0 Å². The second-order valence-corrected chi connectivity index (χ2v) is 6.31. The molecule has 28 heavy (non-hydrogen) atoms. The van der Waals surface area contributed by atoms with Gasteiger partial charge in [0.15, 0.2) is 0 Å². The topological polar surface area (TPSA) is 102 Å². The lowest BCUT2D eigenvalue weighted by atomic mass is 10.1. The van der Waals surface area contributed by atoms with Gasteiger partial charge in [-0.2, -0.15) is 10.1 Å². The summed E-state index contributed by atoms with van der Waals surface area (Å²) in [5, 5.41) is 9.20. The summed E-state index contributed by atoms with van der Waals surface area (Å²) in [6.45, 7) is 0. The molecular formula is C20H14N6O2. The van der Waals surface area contributed by atoms with Gasteiger partial charge >= 0.3 is 0 Å². The van der Waals surface area contributed by atoms with E-state index in [4.69, 9.17) is 4.52 Å². The molecule has 2 aromatic carbocycles. The fraction of sp³-hybridized carbons (Fsp3) is 0.0500. The van der Waals surface area contributed by atoms with Crippen molar-refractivity contribution in [1.82, 2.24) is 29.9 Å². The van der Waals surface area contributed by atoms with Gasteiger partial charge in [-0.25, -0.2) is 4.98 Å². The highest BCUT2D eigenvalue weighted by atomic mass is 16.5. The summed E-state index contributed by atoms with van der Waals surface area (Å²) in [6, 6.07) is 15.2. The summed E-state index contributed by atoms with van der Waals surface area (Å²) in [5.41, 5.74) is 2.49. The number of nitrogens with one attached hydrogen (secondary N) is 1. The van der Waals surface area contributed by atoms with Crippen molar-refractivity contribution in [1.29, 1.82) is 0 Å². The van der Waals surface area contributed by atoms with Crippen LogP contribution in [-0.4, -0.2) is 29.9 Å². The van der Waals surface area contributed by atoms with Crippen molar-refractivity contribution in [2.45, 2.75) is 0 Å². The molecule has 0 aliphatic rings. The summed E-state index contributed by atoms with van der Waals surface area (Å²) in [4.78, 5) is 23.9. The Kier molecular flexibility index (Phi) is 3.61. The van der Waals surface area contributed by atoms with Gasteiger partial charge < -0.3 is 9.51 Å². The number of fused-ring (bicyclic) bond motifs is 1. The molecule has 8 nitrogen and oxygen atoms in total. The smallest absolute Gasteiger partial charge is 0.265 e. The molecule has 0 radical (unpaired) electrons. The van der Waals surface area contributed by atoms with Gasteiger partial charge in [0.2, 0.25) is 5.82 Å². The molecule has 3 heterocycles. The van der Waals surface area contributed by atoms with Gasteiger partial charge in [0, 0.05) is 29.8 Å².